The second kappa shape index (κ2) is 6.31. The minimum Gasteiger partial charge on any atom is -0.490 e. The molecular formula is C15H13F3O5. The number of aliphatic carboxylic acids is 1. The van der Waals surface area contributed by atoms with Crippen LogP contribution in [0.3, 0.4) is 0 Å². The van der Waals surface area contributed by atoms with Crippen molar-refractivity contribution < 1.29 is 37.3 Å². The molecule has 1 heterocycles. The lowest BCUT2D eigenvalue weighted by atomic mass is 9.96. The topological polar surface area (TPSA) is 72.8 Å². The van der Waals surface area contributed by atoms with E-state index in [9.17, 15) is 22.8 Å². The number of rotatable bonds is 5. The molecule has 1 atom stereocenters. The van der Waals surface area contributed by atoms with Crippen LogP contribution in [0.5, 0.6) is 0 Å². The van der Waals surface area contributed by atoms with E-state index < -0.39 is 29.8 Å². The predicted octanol–water partition coefficient (Wildman–Crippen LogP) is 2.85. The second-order valence-corrected chi connectivity index (χ2v) is 4.85. The van der Waals surface area contributed by atoms with Gasteiger partial charge < -0.3 is 14.6 Å². The number of carbonyl (C=O) groups is 2. The summed E-state index contributed by atoms with van der Waals surface area (Å²) in [6, 6.07) is 4.37. The third-order valence-electron chi connectivity index (χ3n) is 3.33. The van der Waals surface area contributed by atoms with Crippen LogP contribution in [-0.4, -0.2) is 30.3 Å². The van der Waals surface area contributed by atoms with Gasteiger partial charge in [-0.15, -0.1) is 0 Å². The Bertz CT molecular complexity index is 663. The molecule has 8 heteroatoms. The highest BCUT2D eigenvalue weighted by atomic mass is 19.4. The first-order valence-electron chi connectivity index (χ1n) is 6.62. The molecule has 1 aromatic rings. The molecule has 1 aliphatic heterocycles. The maximum atomic E-state index is 12.8. The number of esters is 1. The summed E-state index contributed by atoms with van der Waals surface area (Å²) in [5.74, 6) is -2.13. The zero-order valence-electron chi connectivity index (χ0n) is 12.0. The molecule has 0 amide bonds. The number of ether oxygens (including phenoxy) is 2. The lowest BCUT2D eigenvalue weighted by Crippen LogP contribution is -2.14. The summed E-state index contributed by atoms with van der Waals surface area (Å²) < 4.78 is 48.5. The first-order valence-corrected chi connectivity index (χ1v) is 6.62. The number of carbonyl (C=O) groups excluding carboxylic acids is 1. The molecule has 124 valence electrons. The first kappa shape index (κ1) is 16.9. The van der Waals surface area contributed by atoms with Crippen LogP contribution in [-0.2, 0) is 25.2 Å². The Morgan fingerprint density at radius 3 is 2.65 bits per heavy atom. The Kier molecular flexibility index (Phi) is 4.63. The van der Waals surface area contributed by atoms with E-state index in [0.717, 1.165) is 12.1 Å². The largest absolute Gasteiger partial charge is 0.490 e. The number of methoxy groups -OCH3 is 1. The van der Waals surface area contributed by atoms with Gasteiger partial charge in [0.2, 0.25) is 5.76 Å². The van der Waals surface area contributed by atoms with Crippen molar-refractivity contribution in [3.8, 4) is 0 Å². The fourth-order valence-corrected chi connectivity index (χ4v) is 2.33. The third-order valence-corrected chi connectivity index (χ3v) is 3.33. The number of alkyl halides is 3. The number of carboxylic acid groups (broad SMARTS) is 1. The van der Waals surface area contributed by atoms with Gasteiger partial charge in [0.15, 0.2) is 0 Å². The quantitative estimate of drug-likeness (QED) is 0.841. The highest BCUT2D eigenvalue weighted by Gasteiger charge is 2.37. The minimum absolute atomic E-state index is 0.0560. The van der Waals surface area contributed by atoms with E-state index in [2.05, 4.69) is 0 Å². The van der Waals surface area contributed by atoms with Crippen molar-refractivity contribution in [2.75, 3.05) is 7.11 Å². The Labute approximate surface area is 129 Å². The maximum Gasteiger partial charge on any atom is 0.416 e. The van der Waals surface area contributed by atoms with Crippen LogP contribution in [0.4, 0.5) is 13.2 Å². The third kappa shape index (κ3) is 3.64. The molecule has 0 saturated heterocycles. The van der Waals surface area contributed by atoms with Crippen molar-refractivity contribution >= 4 is 17.5 Å². The molecule has 5 nitrogen and oxygen atoms in total. The molecule has 1 N–H and O–H groups in total. The zero-order chi connectivity index (χ0) is 17.2. The lowest BCUT2D eigenvalue weighted by Gasteiger charge is -2.14. The van der Waals surface area contributed by atoms with E-state index >= 15 is 0 Å². The Hall–Kier alpha value is -2.51. The van der Waals surface area contributed by atoms with Crippen LogP contribution in [0.25, 0.3) is 5.57 Å². The van der Waals surface area contributed by atoms with E-state index in [1.54, 1.807) is 0 Å². The average molecular weight is 330 g/mol. The van der Waals surface area contributed by atoms with E-state index in [4.69, 9.17) is 14.6 Å². The van der Waals surface area contributed by atoms with Gasteiger partial charge in [0.1, 0.15) is 6.10 Å². The van der Waals surface area contributed by atoms with Crippen LogP contribution in [0.2, 0.25) is 0 Å². The van der Waals surface area contributed by atoms with Crippen molar-refractivity contribution in [3.05, 3.63) is 41.2 Å². The molecule has 0 fully saturated rings. The zero-order valence-corrected chi connectivity index (χ0v) is 12.0. The SMILES string of the molecule is COC1=C(c2cccc(C(F)(F)F)c2)C(CCC(=O)O)OC1=O. The van der Waals surface area contributed by atoms with E-state index in [0.29, 0.717) is 0 Å². The van der Waals surface area contributed by atoms with Crippen LogP contribution in [0.1, 0.15) is 24.0 Å². The van der Waals surface area contributed by atoms with Crippen LogP contribution in [0, 0.1) is 0 Å². The Balaban J connectivity index is 2.44. The summed E-state index contributed by atoms with van der Waals surface area (Å²) in [7, 11) is 1.20. The van der Waals surface area contributed by atoms with E-state index in [1.807, 2.05) is 0 Å². The van der Waals surface area contributed by atoms with Crippen molar-refractivity contribution in [2.24, 2.45) is 0 Å². The number of hydrogen-bond donors (Lipinski definition) is 1. The van der Waals surface area contributed by atoms with Gasteiger partial charge in [-0.2, -0.15) is 13.2 Å². The molecule has 0 saturated carbocycles. The first-order chi connectivity index (χ1) is 10.7. The van der Waals surface area contributed by atoms with Gasteiger partial charge in [-0.3, -0.25) is 4.79 Å². The molecule has 23 heavy (non-hydrogen) atoms. The lowest BCUT2D eigenvalue weighted by molar-refractivity contribution is -0.144. The normalized spacial score (nSPS) is 18.1. The Morgan fingerprint density at radius 1 is 1.39 bits per heavy atom. The van der Waals surface area contributed by atoms with Crippen molar-refractivity contribution in [1.29, 1.82) is 0 Å². The van der Waals surface area contributed by atoms with E-state index in [1.165, 1.54) is 19.2 Å². The predicted molar refractivity (Wildman–Crippen MR) is 72.1 cm³/mol. The fourth-order valence-electron chi connectivity index (χ4n) is 2.33. The minimum atomic E-state index is -4.54. The molecule has 0 aromatic heterocycles. The summed E-state index contributed by atoms with van der Waals surface area (Å²) >= 11 is 0. The number of hydrogen-bond acceptors (Lipinski definition) is 4. The van der Waals surface area contributed by atoms with Gasteiger partial charge in [0.05, 0.1) is 12.7 Å². The molecule has 1 aliphatic rings. The monoisotopic (exact) mass is 330 g/mol. The van der Waals surface area contributed by atoms with Crippen molar-refractivity contribution in [1.82, 2.24) is 0 Å². The van der Waals surface area contributed by atoms with E-state index in [-0.39, 0.29) is 29.7 Å². The van der Waals surface area contributed by atoms with Gasteiger partial charge in [-0.1, -0.05) is 12.1 Å². The maximum absolute atomic E-state index is 12.8. The standard InChI is InChI=1S/C15H13F3O5/c1-22-13-12(10(23-14(13)21)5-6-11(19)20)8-3-2-4-9(7-8)15(16,17)18/h2-4,7,10H,5-6H2,1H3,(H,19,20). The molecule has 1 unspecified atom stereocenters. The molecule has 0 bridgehead atoms. The summed E-state index contributed by atoms with van der Waals surface area (Å²) in [4.78, 5) is 22.4. The summed E-state index contributed by atoms with van der Waals surface area (Å²) in [6.45, 7) is 0. The average Bonchev–Trinajstić information content (AvgIpc) is 2.80. The molecule has 1 aromatic carbocycles. The summed E-state index contributed by atoms with van der Waals surface area (Å²) in [6.07, 6.45) is -5.85. The van der Waals surface area contributed by atoms with Gasteiger partial charge in [-0.05, 0) is 24.1 Å². The van der Waals surface area contributed by atoms with Crippen molar-refractivity contribution in [2.45, 2.75) is 25.1 Å². The fraction of sp³-hybridized carbons (Fsp3) is 0.333. The summed E-state index contributed by atoms with van der Waals surface area (Å²) in [5.41, 5.74) is -0.642. The van der Waals surface area contributed by atoms with Gasteiger partial charge in [0, 0.05) is 12.0 Å². The van der Waals surface area contributed by atoms with Crippen LogP contribution >= 0.6 is 0 Å². The molecular weight excluding hydrogens is 317 g/mol. The van der Waals surface area contributed by atoms with Crippen LogP contribution in [0.15, 0.2) is 30.0 Å². The highest BCUT2D eigenvalue weighted by molar-refractivity contribution is 6.01. The number of halogens is 3. The smallest absolute Gasteiger partial charge is 0.416 e. The van der Waals surface area contributed by atoms with Gasteiger partial charge >= 0.3 is 18.1 Å². The molecule has 0 aliphatic carbocycles. The van der Waals surface area contributed by atoms with Gasteiger partial charge in [0.25, 0.3) is 0 Å². The molecule has 2 rings (SSSR count). The number of cyclic esters (lactones) is 1. The second-order valence-electron chi connectivity index (χ2n) is 4.85. The number of benzene rings is 1. The van der Waals surface area contributed by atoms with Gasteiger partial charge in [-0.25, -0.2) is 4.79 Å². The Morgan fingerprint density at radius 2 is 2.09 bits per heavy atom. The number of carboxylic acids is 1. The highest BCUT2D eigenvalue weighted by Crippen LogP contribution is 2.37. The van der Waals surface area contributed by atoms with Crippen molar-refractivity contribution in [3.63, 3.8) is 0 Å². The summed E-state index contributed by atoms with van der Waals surface area (Å²) in [5, 5.41) is 8.73. The van der Waals surface area contributed by atoms with Crippen LogP contribution < -0.4 is 0 Å². The molecule has 0 radical (unpaired) electrons. The molecule has 0 spiro atoms.